The van der Waals surface area contributed by atoms with Crippen LogP contribution in [0.2, 0.25) is 0 Å². The van der Waals surface area contributed by atoms with Gasteiger partial charge in [-0.2, -0.15) is 5.26 Å². The Morgan fingerprint density at radius 2 is 2.15 bits per heavy atom. The molecule has 0 saturated heterocycles. The van der Waals surface area contributed by atoms with Gasteiger partial charge in [-0.1, -0.05) is 18.2 Å². The van der Waals surface area contributed by atoms with E-state index < -0.39 is 0 Å². The smallest absolute Gasteiger partial charge is 0.251 e. The number of fused-ring (bicyclic) bond motifs is 1. The first-order chi connectivity index (χ1) is 9.78. The first-order valence-corrected chi connectivity index (χ1v) is 6.53. The number of nitrogens with one attached hydrogen (secondary N) is 1. The zero-order valence-corrected chi connectivity index (χ0v) is 10.8. The van der Waals surface area contributed by atoms with Gasteiger partial charge in [0.05, 0.1) is 17.3 Å². The van der Waals surface area contributed by atoms with E-state index in [9.17, 15) is 4.79 Å². The highest BCUT2D eigenvalue weighted by Gasteiger charge is 2.25. The molecule has 1 aromatic carbocycles. The van der Waals surface area contributed by atoms with Crippen LogP contribution in [0.3, 0.4) is 0 Å². The molecule has 1 heterocycles. The summed E-state index contributed by atoms with van der Waals surface area (Å²) in [6.45, 7) is 0. The molecule has 1 aromatic heterocycles. The van der Waals surface area contributed by atoms with Crippen LogP contribution in [0, 0.1) is 11.3 Å². The number of rotatable bonds is 2. The fraction of sp³-hybridized carbons (Fsp3) is 0.188. The van der Waals surface area contributed by atoms with Gasteiger partial charge in [0, 0.05) is 11.8 Å². The fourth-order valence-electron chi connectivity index (χ4n) is 2.50. The molecule has 1 atom stereocenters. The van der Waals surface area contributed by atoms with Gasteiger partial charge < -0.3 is 5.32 Å². The summed E-state index contributed by atoms with van der Waals surface area (Å²) in [4.78, 5) is 16.5. The minimum absolute atomic E-state index is 0.0644. The Morgan fingerprint density at radius 3 is 2.90 bits per heavy atom. The van der Waals surface area contributed by atoms with E-state index >= 15 is 0 Å². The van der Waals surface area contributed by atoms with Crippen molar-refractivity contribution in [2.75, 3.05) is 0 Å². The van der Waals surface area contributed by atoms with E-state index in [4.69, 9.17) is 5.26 Å². The minimum atomic E-state index is -0.0883. The van der Waals surface area contributed by atoms with Crippen LogP contribution < -0.4 is 5.32 Å². The maximum Gasteiger partial charge on any atom is 0.251 e. The zero-order chi connectivity index (χ0) is 13.9. The van der Waals surface area contributed by atoms with Gasteiger partial charge in [-0.15, -0.1) is 0 Å². The van der Waals surface area contributed by atoms with Crippen molar-refractivity contribution < 1.29 is 4.79 Å². The summed E-state index contributed by atoms with van der Waals surface area (Å²) in [6.07, 6.45) is 3.24. The maximum atomic E-state index is 12.1. The highest BCUT2D eigenvalue weighted by atomic mass is 16.1. The Balaban J connectivity index is 1.79. The fourth-order valence-corrected chi connectivity index (χ4v) is 2.50. The maximum absolute atomic E-state index is 12.1. The van der Waals surface area contributed by atoms with Crippen molar-refractivity contribution in [3.8, 4) is 6.07 Å². The molecule has 3 rings (SSSR count). The molecule has 20 heavy (non-hydrogen) atoms. The van der Waals surface area contributed by atoms with E-state index in [1.807, 2.05) is 24.3 Å². The SMILES string of the molecule is N#Cc1cnc2c(c1)CCC2NC(=O)c1ccccc1. The Hall–Kier alpha value is -2.67. The number of nitrogens with zero attached hydrogens (tertiary/aromatic N) is 2. The number of aromatic nitrogens is 1. The molecular formula is C16H13N3O. The number of benzene rings is 1. The van der Waals surface area contributed by atoms with Crippen LogP contribution in [-0.4, -0.2) is 10.9 Å². The summed E-state index contributed by atoms with van der Waals surface area (Å²) in [7, 11) is 0. The van der Waals surface area contributed by atoms with E-state index in [0.717, 1.165) is 24.1 Å². The van der Waals surface area contributed by atoms with Crippen LogP contribution in [0.1, 0.15) is 39.6 Å². The van der Waals surface area contributed by atoms with E-state index in [-0.39, 0.29) is 11.9 Å². The third kappa shape index (κ3) is 2.26. The Bertz CT molecular complexity index is 689. The lowest BCUT2D eigenvalue weighted by Crippen LogP contribution is -2.27. The lowest BCUT2D eigenvalue weighted by atomic mass is 10.1. The van der Waals surface area contributed by atoms with Crippen LogP contribution in [0.25, 0.3) is 0 Å². The molecule has 4 heteroatoms. The number of hydrogen-bond donors (Lipinski definition) is 1. The minimum Gasteiger partial charge on any atom is -0.344 e. The first-order valence-electron chi connectivity index (χ1n) is 6.53. The quantitative estimate of drug-likeness (QED) is 0.904. The van der Waals surface area contributed by atoms with Crippen molar-refractivity contribution in [1.29, 1.82) is 5.26 Å². The summed E-state index contributed by atoms with van der Waals surface area (Å²) < 4.78 is 0. The molecule has 2 aromatic rings. The largest absolute Gasteiger partial charge is 0.344 e. The van der Waals surface area contributed by atoms with Gasteiger partial charge in [0.15, 0.2) is 0 Å². The average molecular weight is 263 g/mol. The molecule has 0 fully saturated rings. The molecule has 1 amide bonds. The molecule has 0 radical (unpaired) electrons. The lowest BCUT2D eigenvalue weighted by molar-refractivity contribution is 0.0936. The molecule has 98 valence electrons. The van der Waals surface area contributed by atoms with Crippen molar-refractivity contribution >= 4 is 5.91 Å². The van der Waals surface area contributed by atoms with Crippen LogP contribution in [-0.2, 0) is 6.42 Å². The molecule has 1 unspecified atom stereocenters. The molecule has 1 N–H and O–H groups in total. The predicted octanol–water partition coefficient (Wildman–Crippen LogP) is 2.37. The predicted molar refractivity (Wildman–Crippen MR) is 73.9 cm³/mol. The molecule has 1 aliphatic carbocycles. The van der Waals surface area contributed by atoms with E-state index in [2.05, 4.69) is 16.4 Å². The van der Waals surface area contributed by atoms with Gasteiger partial charge in [0.1, 0.15) is 6.07 Å². The van der Waals surface area contributed by atoms with Crippen LogP contribution in [0.15, 0.2) is 42.6 Å². The number of pyridine rings is 1. The van der Waals surface area contributed by atoms with Crippen molar-refractivity contribution in [2.45, 2.75) is 18.9 Å². The summed E-state index contributed by atoms with van der Waals surface area (Å²) in [5.41, 5.74) is 3.16. The monoisotopic (exact) mass is 263 g/mol. The van der Waals surface area contributed by atoms with Gasteiger partial charge >= 0.3 is 0 Å². The molecular weight excluding hydrogens is 250 g/mol. The van der Waals surface area contributed by atoms with Gasteiger partial charge in [0.25, 0.3) is 5.91 Å². The zero-order valence-electron chi connectivity index (χ0n) is 10.8. The first kappa shape index (κ1) is 12.4. The van der Waals surface area contributed by atoms with E-state index in [0.29, 0.717) is 11.1 Å². The van der Waals surface area contributed by atoms with Crippen LogP contribution in [0.4, 0.5) is 0 Å². The standard InChI is InChI=1S/C16H13N3O/c17-9-11-8-13-6-7-14(15(13)18-10-11)19-16(20)12-4-2-1-3-5-12/h1-5,8,10,14H,6-7H2,(H,19,20). The second-order valence-electron chi connectivity index (χ2n) is 4.81. The number of carbonyl (C=O) groups excluding carboxylic acids is 1. The van der Waals surface area contributed by atoms with Crippen molar-refractivity contribution in [2.24, 2.45) is 0 Å². The number of amides is 1. The van der Waals surface area contributed by atoms with E-state index in [1.54, 1.807) is 18.3 Å². The Kier molecular flexibility index (Phi) is 3.18. The number of hydrogen-bond acceptors (Lipinski definition) is 3. The second-order valence-corrected chi connectivity index (χ2v) is 4.81. The Morgan fingerprint density at radius 1 is 1.35 bits per heavy atom. The van der Waals surface area contributed by atoms with Crippen molar-refractivity contribution in [3.63, 3.8) is 0 Å². The molecule has 1 aliphatic rings. The number of nitriles is 1. The average Bonchev–Trinajstić information content (AvgIpc) is 2.90. The summed E-state index contributed by atoms with van der Waals surface area (Å²) in [6, 6.07) is 13.0. The van der Waals surface area contributed by atoms with Crippen molar-refractivity contribution in [1.82, 2.24) is 10.3 Å². The third-order valence-electron chi connectivity index (χ3n) is 3.50. The molecule has 0 bridgehead atoms. The number of aryl methyl sites for hydroxylation is 1. The van der Waals surface area contributed by atoms with Gasteiger partial charge in [0.2, 0.25) is 0 Å². The molecule has 0 spiro atoms. The van der Waals surface area contributed by atoms with Crippen molar-refractivity contribution in [3.05, 3.63) is 65.0 Å². The third-order valence-corrected chi connectivity index (χ3v) is 3.50. The normalized spacial score (nSPS) is 16.2. The highest BCUT2D eigenvalue weighted by Crippen LogP contribution is 2.29. The molecule has 4 nitrogen and oxygen atoms in total. The molecule has 0 saturated carbocycles. The summed E-state index contributed by atoms with van der Waals surface area (Å²) in [5.74, 6) is -0.0883. The van der Waals surface area contributed by atoms with Gasteiger partial charge in [-0.05, 0) is 36.6 Å². The Labute approximate surface area is 117 Å². The summed E-state index contributed by atoms with van der Waals surface area (Å²) in [5, 5.41) is 11.9. The summed E-state index contributed by atoms with van der Waals surface area (Å²) >= 11 is 0. The molecule has 0 aliphatic heterocycles. The second kappa shape index (κ2) is 5.14. The highest BCUT2D eigenvalue weighted by molar-refractivity contribution is 5.94. The van der Waals surface area contributed by atoms with Crippen LogP contribution in [0.5, 0.6) is 0 Å². The number of carbonyl (C=O) groups is 1. The van der Waals surface area contributed by atoms with E-state index in [1.165, 1.54) is 0 Å². The van der Waals surface area contributed by atoms with Gasteiger partial charge in [-0.25, -0.2) is 0 Å². The lowest BCUT2D eigenvalue weighted by Gasteiger charge is -2.13. The van der Waals surface area contributed by atoms with Gasteiger partial charge in [-0.3, -0.25) is 9.78 Å². The topological polar surface area (TPSA) is 65.8 Å². The van der Waals surface area contributed by atoms with Crippen LogP contribution >= 0.6 is 0 Å².